The monoisotopic (exact) mass is 273 g/mol. The molecule has 2 saturated heterocycles. The fraction of sp³-hybridized carbons (Fsp3) is 0.562. The van der Waals surface area contributed by atoms with E-state index in [1.807, 2.05) is 25.1 Å². The highest BCUT2D eigenvalue weighted by Gasteiger charge is 2.36. The van der Waals surface area contributed by atoms with Crippen LogP contribution in [-0.4, -0.2) is 36.0 Å². The van der Waals surface area contributed by atoms with Gasteiger partial charge >= 0.3 is 0 Å². The molecule has 0 saturated carbocycles. The summed E-state index contributed by atoms with van der Waals surface area (Å²) in [5.74, 6) is -0.0278. The molecule has 2 fully saturated rings. The van der Waals surface area contributed by atoms with Crippen molar-refractivity contribution in [2.45, 2.75) is 44.7 Å². The summed E-state index contributed by atoms with van der Waals surface area (Å²) in [7, 11) is 0. The van der Waals surface area contributed by atoms with Gasteiger partial charge in [0.2, 0.25) is 0 Å². The summed E-state index contributed by atoms with van der Waals surface area (Å²) in [6, 6.07) is 6.43. The van der Waals surface area contributed by atoms with Crippen LogP contribution in [0.5, 0.6) is 0 Å². The molecule has 20 heavy (non-hydrogen) atoms. The number of rotatable bonds is 2. The van der Waals surface area contributed by atoms with Gasteiger partial charge in [-0.1, -0.05) is 12.5 Å². The van der Waals surface area contributed by atoms with E-state index in [4.69, 9.17) is 5.73 Å². The van der Waals surface area contributed by atoms with Crippen LogP contribution in [0.1, 0.15) is 41.6 Å². The molecule has 1 aromatic rings. The quantitative estimate of drug-likeness (QED) is 0.810. The maximum atomic E-state index is 12.4. The van der Waals surface area contributed by atoms with Gasteiger partial charge in [-0.25, -0.2) is 0 Å². The topological polar surface area (TPSA) is 58.4 Å². The summed E-state index contributed by atoms with van der Waals surface area (Å²) < 4.78 is 0. The second-order valence-corrected chi connectivity index (χ2v) is 6.06. The lowest BCUT2D eigenvalue weighted by Gasteiger charge is -2.32. The third-order valence-electron chi connectivity index (χ3n) is 4.62. The van der Waals surface area contributed by atoms with Gasteiger partial charge in [0.05, 0.1) is 5.56 Å². The zero-order valence-electron chi connectivity index (χ0n) is 12.1. The maximum absolute atomic E-state index is 12.4. The second kappa shape index (κ2) is 5.44. The van der Waals surface area contributed by atoms with Gasteiger partial charge in [0.1, 0.15) is 0 Å². The van der Waals surface area contributed by atoms with Gasteiger partial charge in [-0.3, -0.25) is 9.69 Å². The van der Waals surface area contributed by atoms with Crippen LogP contribution in [0.25, 0.3) is 0 Å². The number of hydrogen-bond acceptors (Lipinski definition) is 3. The first-order chi connectivity index (χ1) is 9.65. The SMILES string of the molecule is Cc1ccc(C(=O)NC2CCN3CCCCC23)c(N)c1. The molecule has 1 amide bonds. The van der Waals surface area contributed by atoms with Crippen molar-refractivity contribution in [1.82, 2.24) is 10.2 Å². The van der Waals surface area contributed by atoms with Crippen molar-refractivity contribution < 1.29 is 4.79 Å². The lowest BCUT2D eigenvalue weighted by atomic mass is 9.98. The van der Waals surface area contributed by atoms with Crippen LogP contribution >= 0.6 is 0 Å². The van der Waals surface area contributed by atoms with Crippen LogP contribution in [-0.2, 0) is 0 Å². The number of benzene rings is 1. The van der Waals surface area contributed by atoms with Crippen molar-refractivity contribution in [2.75, 3.05) is 18.8 Å². The Morgan fingerprint density at radius 2 is 2.15 bits per heavy atom. The molecule has 2 unspecified atom stereocenters. The number of piperidine rings is 1. The van der Waals surface area contributed by atoms with Crippen LogP contribution in [0.15, 0.2) is 18.2 Å². The Morgan fingerprint density at radius 3 is 2.95 bits per heavy atom. The largest absolute Gasteiger partial charge is 0.398 e. The van der Waals surface area contributed by atoms with Crippen LogP contribution in [0.3, 0.4) is 0 Å². The van der Waals surface area contributed by atoms with Gasteiger partial charge in [0.15, 0.2) is 0 Å². The number of fused-ring (bicyclic) bond motifs is 1. The number of carbonyl (C=O) groups is 1. The minimum atomic E-state index is -0.0278. The molecular formula is C16H23N3O. The molecule has 108 valence electrons. The Hall–Kier alpha value is -1.55. The number of nitrogens with one attached hydrogen (secondary N) is 1. The van der Waals surface area contributed by atoms with Gasteiger partial charge in [-0.05, 0) is 50.4 Å². The number of anilines is 1. The number of nitrogens with two attached hydrogens (primary N) is 1. The van der Waals surface area contributed by atoms with E-state index < -0.39 is 0 Å². The second-order valence-electron chi connectivity index (χ2n) is 6.06. The van der Waals surface area contributed by atoms with Gasteiger partial charge in [-0.2, -0.15) is 0 Å². The molecule has 4 nitrogen and oxygen atoms in total. The van der Waals surface area contributed by atoms with Crippen molar-refractivity contribution in [2.24, 2.45) is 0 Å². The van der Waals surface area contributed by atoms with Gasteiger partial charge in [0.25, 0.3) is 5.91 Å². The Bertz CT molecular complexity index is 514. The van der Waals surface area contributed by atoms with E-state index in [9.17, 15) is 4.79 Å². The van der Waals surface area contributed by atoms with Crippen molar-refractivity contribution in [3.8, 4) is 0 Å². The molecule has 2 heterocycles. The molecule has 1 aromatic carbocycles. The molecular weight excluding hydrogens is 250 g/mol. The number of nitrogens with zero attached hydrogens (tertiary/aromatic N) is 1. The van der Waals surface area contributed by atoms with Crippen LogP contribution in [0.2, 0.25) is 0 Å². The summed E-state index contributed by atoms with van der Waals surface area (Å²) in [5, 5.41) is 3.19. The first kappa shape index (κ1) is 13.4. The van der Waals surface area contributed by atoms with Gasteiger partial charge < -0.3 is 11.1 Å². The van der Waals surface area contributed by atoms with Crippen molar-refractivity contribution in [3.63, 3.8) is 0 Å². The van der Waals surface area contributed by atoms with E-state index in [2.05, 4.69) is 10.2 Å². The number of amides is 1. The number of aryl methyl sites for hydroxylation is 1. The van der Waals surface area contributed by atoms with E-state index in [0.717, 1.165) is 18.5 Å². The zero-order chi connectivity index (χ0) is 14.1. The first-order valence-corrected chi connectivity index (χ1v) is 7.56. The predicted octanol–water partition coefficient (Wildman–Crippen LogP) is 1.93. The minimum Gasteiger partial charge on any atom is -0.398 e. The van der Waals surface area contributed by atoms with Crippen molar-refractivity contribution in [1.29, 1.82) is 0 Å². The highest BCUT2D eigenvalue weighted by molar-refractivity contribution is 5.99. The molecule has 2 aliphatic heterocycles. The standard InChI is InChI=1S/C16H23N3O/c1-11-5-6-12(13(17)10-11)16(20)18-14-7-9-19-8-3-2-4-15(14)19/h5-6,10,14-15H,2-4,7-9,17H2,1H3,(H,18,20). The number of hydrogen-bond donors (Lipinski definition) is 2. The Kier molecular flexibility index (Phi) is 3.66. The average Bonchev–Trinajstić information content (AvgIpc) is 2.82. The molecule has 3 N–H and O–H groups in total. The van der Waals surface area contributed by atoms with Crippen molar-refractivity contribution >= 4 is 11.6 Å². The van der Waals surface area contributed by atoms with Gasteiger partial charge in [0, 0.05) is 24.3 Å². The molecule has 0 bridgehead atoms. The summed E-state index contributed by atoms with van der Waals surface area (Å²) in [4.78, 5) is 14.9. The van der Waals surface area contributed by atoms with E-state index in [-0.39, 0.29) is 11.9 Å². The molecule has 0 radical (unpaired) electrons. The molecule has 0 aliphatic carbocycles. The molecule has 2 aliphatic rings. The Labute approximate surface area is 120 Å². The lowest BCUT2D eigenvalue weighted by molar-refractivity contribution is 0.0916. The van der Waals surface area contributed by atoms with Crippen LogP contribution in [0, 0.1) is 6.92 Å². The van der Waals surface area contributed by atoms with E-state index in [1.54, 1.807) is 0 Å². The highest BCUT2D eigenvalue weighted by Crippen LogP contribution is 2.27. The van der Waals surface area contributed by atoms with Crippen LogP contribution in [0.4, 0.5) is 5.69 Å². The molecule has 0 aromatic heterocycles. The summed E-state index contributed by atoms with van der Waals surface area (Å²) in [6.07, 6.45) is 4.83. The third-order valence-corrected chi connectivity index (χ3v) is 4.62. The average molecular weight is 273 g/mol. The lowest BCUT2D eigenvalue weighted by Crippen LogP contribution is -2.46. The fourth-order valence-electron chi connectivity index (χ4n) is 3.55. The molecule has 4 heteroatoms. The third kappa shape index (κ3) is 2.52. The van der Waals surface area contributed by atoms with Crippen LogP contribution < -0.4 is 11.1 Å². The Balaban J connectivity index is 1.69. The number of nitrogen functional groups attached to an aromatic ring is 1. The highest BCUT2D eigenvalue weighted by atomic mass is 16.1. The normalized spacial score (nSPS) is 26.2. The fourth-order valence-corrected chi connectivity index (χ4v) is 3.55. The van der Waals surface area contributed by atoms with E-state index in [0.29, 0.717) is 17.3 Å². The van der Waals surface area contributed by atoms with E-state index >= 15 is 0 Å². The molecule has 0 spiro atoms. The molecule has 3 rings (SSSR count). The maximum Gasteiger partial charge on any atom is 0.253 e. The Morgan fingerprint density at radius 1 is 1.30 bits per heavy atom. The smallest absolute Gasteiger partial charge is 0.253 e. The van der Waals surface area contributed by atoms with Crippen molar-refractivity contribution in [3.05, 3.63) is 29.3 Å². The predicted molar refractivity (Wildman–Crippen MR) is 80.7 cm³/mol. The zero-order valence-corrected chi connectivity index (χ0v) is 12.1. The first-order valence-electron chi connectivity index (χ1n) is 7.56. The van der Waals surface area contributed by atoms with Gasteiger partial charge in [-0.15, -0.1) is 0 Å². The molecule has 2 atom stereocenters. The minimum absolute atomic E-state index is 0.0278. The number of carbonyl (C=O) groups excluding carboxylic acids is 1. The summed E-state index contributed by atoms with van der Waals surface area (Å²) in [6.45, 7) is 4.28. The summed E-state index contributed by atoms with van der Waals surface area (Å²) in [5.41, 5.74) is 8.21. The van der Waals surface area contributed by atoms with E-state index in [1.165, 1.54) is 25.8 Å². The summed E-state index contributed by atoms with van der Waals surface area (Å²) >= 11 is 0.